The topological polar surface area (TPSA) is 219 Å². The van der Waals surface area contributed by atoms with Crippen LogP contribution in [0.2, 0.25) is 0 Å². The average Bonchev–Trinajstić information content (AvgIpc) is 2.59. The van der Waals surface area contributed by atoms with Gasteiger partial charge in [0.05, 0.1) is 6.54 Å². The molecule has 160 valence electrons. The summed E-state index contributed by atoms with van der Waals surface area (Å²) in [5.74, 6) is -3.45. The standard InChI is InChI=1S/C15H27N7O5.ClH/c1-2-5-19-14(27)10(7-12(24)25)22-11(23)8-21-13(26)9(16)4-3-6-20-15(17)18;/h2,5,9-10H,3-4,6-8,16H2,1H3,(H,19,27)(H,21,26)(H,22,23)(H,24,25)(H4,17,18,20);1H/t9-,10-;/m0./s1. The van der Waals surface area contributed by atoms with Gasteiger partial charge in [0.1, 0.15) is 6.04 Å². The second-order valence-electron chi connectivity index (χ2n) is 5.57. The normalized spacial score (nSPS) is 12.2. The number of hydrogen-bond acceptors (Lipinski definition) is 6. The number of carbonyl (C=O) groups is 4. The summed E-state index contributed by atoms with van der Waals surface area (Å²) in [4.78, 5) is 50.1. The number of hydrogen-bond donors (Lipinski definition) is 6. The molecule has 0 unspecified atom stereocenters. The summed E-state index contributed by atoms with van der Waals surface area (Å²) in [6, 6.07) is -1.95. The predicted molar refractivity (Wildman–Crippen MR) is 101 cm³/mol. The first kappa shape index (κ1) is 27.4. The SMILES string of the molecule is CC=CNC(=O)[C@H](CC(=O)[O-])NC(=O)CNC(=O)[C@@H]([NH3+])CCCN=C(N)N.Cl. The van der Waals surface area contributed by atoms with Crippen LogP contribution in [0.3, 0.4) is 0 Å². The lowest BCUT2D eigenvalue weighted by Gasteiger charge is -2.18. The van der Waals surface area contributed by atoms with Gasteiger partial charge in [0.15, 0.2) is 12.0 Å². The molecule has 0 aromatic rings. The van der Waals surface area contributed by atoms with Gasteiger partial charge in [0.2, 0.25) is 11.8 Å². The highest BCUT2D eigenvalue weighted by Crippen LogP contribution is 1.95. The molecule has 0 fully saturated rings. The van der Waals surface area contributed by atoms with Crippen LogP contribution in [0.5, 0.6) is 0 Å². The number of aliphatic carboxylic acids is 1. The third-order valence-electron chi connectivity index (χ3n) is 3.21. The molecule has 28 heavy (non-hydrogen) atoms. The van der Waals surface area contributed by atoms with Gasteiger partial charge in [-0.3, -0.25) is 19.4 Å². The van der Waals surface area contributed by atoms with E-state index >= 15 is 0 Å². The van der Waals surface area contributed by atoms with E-state index in [2.05, 4.69) is 26.7 Å². The van der Waals surface area contributed by atoms with E-state index in [1.165, 1.54) is 12.3 Å². The number of nitrogens with one attached hydrogen (secondary N) is 3. The van der Waals surface area contributed by atoms with Crippen molar-refractivity contribution in [2.75, 3.05) is 13.1 Å². The van der Waals surface area contributed by atoms with Gasteiger partial charge in [-0.15, -0.1) is 12.4 Å². The summed E-state index contributed by atoms with van der Waals surface area (Å²) in [6.07, 6.45) is 3.06. The number of nitrogens with two attached hydrogens (primary N) is 2. The molecule has 0 aromatic carbocycles. The molecule has 0 saturated carbocycles. The van der Waals surface area contributed by atoms with Crippen molar-refractivity contribution >= 4 is 42.1 Å². The van der Waals surface area contributed by atoms with Crippen LogP contribution in [0.1, 0.15) is 26.2 Å². The third kappa shape index (κ3) is 13.4. The number of carboxylic acids is 1. The van der Waals surface area contributed by atoms with Gasteiger partial charge in [-0.05, 0) is 19.5 Å². The van der Waals surface area contributed by atoms with Gasteiger partial charge in [-0.1, -0.05) is 6.08 Å². The van der Waals surface area contributed by atoms with Gasteiger partial charge >= 0.3 is 0 Å². The van der Waals surface area contributed by atoms with Gasteiger partial charge in [0, 0.05) is 25.4 Å². The fraction of sp³-hybridized carbons (Fsp3) is 0.533. The van der Waals surface area contributed by atoms with Gasteiger partial charge < -0.3 is 43.1 Å². The summed E-state index contributed by atoms with van der Waals surface area (Å²) < 4.78 is 0. The zero-order chi connectivity index (χ0) is 20.8. The van der Waals surface area contributed by atoms with Crippen LogP contribution in [0.25, 0.3) is 0 Å². The van der Waals surface area contributed by atoms with Crippen LogP contribution in [0.4, 0.5) is 0 Å². The molecule has 10 N–H and O–H groups in total. The highest BCUT2D eigenvalue weighted by atomic mass is 35.5. The van der Waals surface area contributed by atoms with E-state index in [0.29, 0.717) is 19.4 Å². The quantitative estimate of drug-likeness (QED) is 0.103. The minimum atomic E-state index is -1.50. The first-order valence-electron chi connectivity index (χ1n) is 8.24. The Kier molecular flexibility index (Phi) is 14.9. The van der Waals surface area contributed by atoms with Crippen molar-refractivity contribution in [1.29, 1.82) is 0 Å². The number of guanidine groups is 1. The van der Waals surface area contributed by atoms with E-state index in [4.69, 9.17) is 11.5 Å². The van der Waals surface area contributed by atoms with Crippen LogP contribution in [-0.2, 0) is 19.2 Å². The molecular formula is C15H28ClN7O5. The molecule has 0 bridgehead atoms. The number of rotatable bonds is 12. The molecule has 0 aliphatic heterocycles. The average molecular weight is 422 g/mol. The van der Waals surface area contributed by atoms with Crippen molar-refractivity contribution < 1.29 is 30.0 Å². The third-order valence-corrected chi connectivity index (χ3v) is 3.21. The molecule has 0 radical (unpaired) electrons. The molecule has 0 saturated heterocycles. The number of halogens is 1. The van der Waals surface area contributed by atoms with Crippen molar-refractivity contribution in [3.05, 3.63) is 12.3 Å². The molecule has 3 amide bonds. The highest BCUT2D eigenvalue weighted by molar-refractivity contribution is 5.92. The van der Waals surface area contributed by atoms with Crippen LogP contribution >= 0.6 is 12.4 Å². The van der Waals surface area contributed by atoms with Gasteiger partial charge in [0.25, 0.3) is 5.91 Å². The highest BCUT2D eigenvalue weighted by Gasteiger charge is 2.22. The van der Waals surface area contributed by atoms with E-state index in [-0.39, 0.29) is 18.4 Å². The Morgan fingerprint density at radius 1 is 1.21 bits per heavy atom. The largest absolute Gasteiger partial charge is 0.550 e. The summed E-state index contributed by atoms with van der Waals surface area (Å²) in [6.45, 7) is 1.57. The summed E-state index contributed by atoms with van der Waals surface area (Å²) in [7, 11) is 0. The maximum absolute atomic E-state index is 11.9. The smallest absolute Gasteiger partial charge is 0.278 e. The molecule has 0 aliphatic rings. The second-order valence-corrected chi connectivity index (χ2v) is 5.57. The molecular weight excluding hydrogens is 394 g/mol. The van der Waals surface area contributed by atoms with Crippen LogP contribution in [-0.4, -0.2) is 54.8 Å². The Labute approximate surface area is 168 Å². The van der Waals surface area contributed by atoms with Gasteiger partial charge in [-0.25, -0.2) is 0 Å². The number of carbonyl (C=O) groups excluding carboxylic acids is 4. The first-order chi connectivity index (χ1) is 12.7. The molecule has 12 nitrogen and oxygen atoms in total. The van der Waals surface area contributed by atoms with E-state index in [1.807, 2.05) is 0 Å². The lowest BCUT2D eigenvalue weighted by molar-refractivity contribution is -0.405. The minimum absolute atomic E-state index is 0. The van der Waals surface area contributed by atoms with Crippen molar-refractivity contribution in [1.82, 2.24) is 16.0 Å². The van der Waals surface area contributed by atoms with Crippen LogP contribution in [0.15, 0.2) is 17.3 Å². The van der Waals surface area contributed by atoms with Crippen molar-refractivity contribution in [2.24, 2.45) is 16.5 Å². The van der Waals surface area contributed by atoms with Crippen LogP contribution < -0.4 is 38.3 Å². The van der Waals surface area contributed by atoms with E-state index in [1.54, 1.807) is 6.92 Å². The summed E-state index contributed by atoms with van der Waals surface area (Å²) >= 11 is 0. The zero-order valence-electron chi connectivity index (χ0n) is 15.6. The number of aliphatic imine (C=N–C) groups is 1. The number of carboxylic acid groups (broad SMARTS) is 1. The summed E-state index contributed by atoms with van der Waals surface area (Å²) in [5.41, 5.74) is 14.0. The maximum atomic E-state index is 11.9. The zero-order valence-corrected chi connectivity index (χ0v) is 16.4. The fourth-order valence-corrected chi connectivity index (χ4v) is 1.88. The molecule has 0 rings (SSSR count). The Balaban J connectivity index is 0. The van der Waals surface area contributed by atoms with Crippen molar-refractivity contribution in [2.45, 2.75) is 38.3 Å². The number of amides is 3. The van der Waals surface area contributed by atoms with Crippen molar-refractivity contribution in [3.63, 3.8) is 0 Å². The molecule has 0 aromatic heterocycles. The number of allylic oxidation sites excluding steroid dienone is 1. The van der Waals surface area contributed by atoms with Crippen LogP contribution in [0, 0.1) is 0 Å². The summed E-state index contributed by atoms with van der Waals surface area (Å²) in [5, 5.41) is 17.6. The predicted octanol–water partition coefficient (Wildman–Crippen LogP) is -4.54. The lowest BCUT2D eigenvalue weighted by atomic mass is 10.1. The monoisotopic (exact) mass is 421 g/mol. The second kappa shape index (κ2) is 15.2. The lowest BCUT2D eigenvalue weighted by Crippen LogP contribution is -2.67. The fourth-order valence-electron chi connectivity index (χ4n) is 1.88. The molecule has 2 atom stereocenters. The molecule has 0 spiro atoms. The Morgan fingerprint density at radius 2 is 1.86 bits per heavy atom. The minimum Gasteiger partial charge on any atom is -0.550 e. The molecule has 0 aliphatic carbocycles. The molecule has 13 heteroatoms. The van der Waals surface area contributed by atoms with E-state index < -0.39 is 48.7 Å². The van der Waals surface area contributed by atoms with Crippen molar-refractivity contribution in [3.8, 4) is 0 Å². The molecule has 0 heterocycles. The van der Waals surface area contributed by atoms with Gasteiger partial charge in [-0.2, -0.15) is 0 Å². The number of nitrogens with zero attached hydrogens (tertiary/aromatic N) is 1. The number of quaternary nitrogens is 1. The Bertz CT molecular complexity index is 593. The Hall–Kier alpha value is -2.86. The Morgan fingerprint density at radius 3 is 2.39 bits per heavy atom. The van der Waals surface area contributed by atoms with E-state index in [0.717, 1.165) is 0 Å². The maximum Gasteiger partial charge on any atom is 0.278 e. The first-order valence-corrected chi connectivity index (χ1v) is 8.24. The van der Waals surface area contributed by atoms with E-state index in [9.17, 15) is 24.3 Å².